The molecule has 10 aromatic carbocycles. The first-order valence-electron chi connectivity index (χ1n) is 22.1. The van der Waals surface area contributed by atoms with E-state index in [0.29, 0.717) is 0 Å². The predicted molar refractivity (Wildman–Crippen MR) is 256 cm³/mol. The van der Waals surface area contributed by atoms with E-state index in [4.69, 9.17) is 0 Å². The molecule has 11 rings (SSSR count). The van der Waals surface area contributed by atoms with Crippen LogP contribution in [0.3, 0.4) is 0 Å². The largest absolute Gasteiger partial charge is 0.340 e. The summed E-state index contributed by atoms with van der Waals surface area (Å²) in [5, 5.41) is 16.8. The summed E-state index contributed by atoms with van der Waals surface area (Å²) in [6.07, 6.45) is 13.0. The Morgan fingerprint density at radius 2 is 0.763 bits per heavy atom. The van der Waals surface area contributed by atoms with Crippen LogP contribution in [0.4, 0.5) is 0 Å². The predicted octanol–water partition coefficient (Wildman–Crippen LogP) is 16.2. The number of rotatable bonds is 13. The van der Waals surface area contributed by atoms with Gasteiger partial charge in [-0.15, -0.1) is 0 Å². The van der Waals surface area contributed by atoms with Gasteiger partial charge in [0.25, 0.3) is 0 Å². The highest BCUT2D eigenvalue weighted by atomic mass is 16.1. The monoisotopic (exact) mass is 763 g/mol. The minimum atomic E-state index is 0.105. The fourth-order valence-electron chi connectivity index (χ4n) is 10.5. The van der Waals surface area contributed by atoms with Gasteiger partial charge in [-0.2, -0.15) is 0 Å². The molecule has 0 aliphatic carbocycles. The topological polar surface area (TPSA) is 22.0 Å². The average Bonchev–Trinajstić information content (AvgIpc) is 3.28. The number of fused-ring (bicyclic) bond motifs is 2. The molecule has 1 heterocycles. The number of unbranched alkanes of at least 4 members (excludes halogenated alkanes) is 9. The lowest BCUT2D eigenvalue weighted by Crippen LogP contribution is -2.12. The van der Waals surface area contributed by atoms with Crippen LogP contribution in [0, 0.1) is 0 Å². The molecule has 59 heavy (non-hydrogen) atoms. The summed E-state index contributed by atoms with van der Waals surface area (Å²) in [6.45, 7) is 3.18. The van der Waals surface area contributed by atoms with Crippen LogP contribution in [0.25, 0.3) is 109 Å². The van der Waals surface area contributed by atoms with E-state index in [1.807, 2.05) is 0 Å². The lowest BCUT2D eigenvalue weighted by Gasteiger charge is -2.18. The van der Waals surface area contributed by atoms with E-state index in [1.54, 1.807) is 0 Å². The van der Waals surface area contributed by atoms with Crippen LogP contribution in [-0.2, 0) is 6.54 Å². The Morgan fingerprint density at radius 1 is 0.373 bits per heavy atom. The normalized spacial score (nSPS) is 12.3. The molecule has 0 saturated carbocycles. The molecule has 0 aliphatic heterocycles. The van der Waals surface area contributed by atoms with Crippen LogP contribution >= 0.6 is 0 Å². The summed E-state index contributed by atoms with van der Waals surface area (Å²) in [5.74, 6) is 0. The molecule has 288 valence electrons. The van der Waals surface area contributed by atoms with Crippen molar-refractivity contribution in [2.75, 3.05) is 0 Å². The Bertz CT molecular complexity index is 3160. The van der Waals surface area contributed by atoms with E-state index in [0.717, 1.165) is 45.9 Å². The van der Waals surface area contributed by atoms with Crippen molar-refractivity contribution in [2.24, 2.45) is 0 Å². The average molecular weight is 764 g/mol. The van der Waals surface area contributed by atoms with Crippen molar-refractivity contribution in [3.05, 3.63) is 156 Å². The molecule has 2 nitrogen and oxygen atoms in total. The third-order valence-electron chi connectivity index (χ3n) is 13.5. The molecule has 0 amide bonds. The summed E-state index contributed by atoms with van der Waals surface area (Å²) in [4.78, 5) is 15.0. The van der Waals surface area contributed by atoms with E-state index in [-0.39, 0.29) is 5.43 Å². The third-order valence-corrected chi connectivity index (χ3v) is 13.5. The molecule has 0 N–H and O–H groups in total. The summed E-state index contributed by atoms with van der Waals surface area (Å²) >= 11 is 0. The molecular weight excluding hydrogens is 715 g/mol. The number of hydrogen-bond donors (Lipinski definition) is 0. The van der Waals surface area contributed by atoms with Crippen LogP contribution in [0.2, 0.25) is 0 Å². The molecule has 0 radical (unpaired) electrons. The van der Waals surface area contributed by atoms with Gasteiger partial charge in [-0.05, 0) is 118 Å². The van der Waals surface area contributed by atoms with Crippen molar-refractivity contribution in [3.63, 3.8) is 0 Å². The fraction of sp³-hybridized carbons (Fsp3) is 0.211. The molecule has 0 spiro atoms. The molecule has 0 fully saturated rings. The molecular formula is C57H49NO. The number of nitrogens with zero attached hydrogens (tertiary/aromatic N) is 1. The highest BCUT2D eigenvalue weighted by Gasteiger charge is 2.18. The minimum Gasteiger partial charge on any atom is -0.340 e. The highest BCUT2D eigenvalue weighted by molar-refractivity contribution is 6.27. The van der Waals surface area contributed by atoms with Crippen LogP contribution in [0.15, 0.2) is 150 Å². The third kappa shape index (κ3) is 6.03. The maximum Gasteiger partial charge on any atom is 0.197 e. The zero-order valence-corrected chi connectivity index (χ0v) is 34.0. The van der Waals surface area contributed by atoms with E-state index < -0.39 is 0 Å². The zero-order chi connectivity index (χ0) is 39.5. The minimum absolute atomic E-state index is 0.105. The number of aryl methyl sites for hydroxylation is 1. The van der Waals surface area contributed by atoms with Crippen molar-refractivity contribution in [3.8, 4) is 22.3 Å². The maximum atomic E-state index is 15.0. The number of aromatic nitrogens is 1. The molecule has 0 bridgehead atoms. The smallest absolute Gasteiger partial charge is 0.197 e. The number of benzene rings is 10. The van der Waals surface area contributed by atoms with Gasteiger partial charge < -0.3 is 4.57 Å². The molecule has 1 aromatic heterocycles. The first kappa shape index (κ1) is 35.9. The summed E-state index contributed by atoms with van der Waals surface area (Å²) in [5.41, 5.74) is 6.65. The van der Waals surface area contributed by atoms with Gasteiger partial charge in [0.1, 0.15) is 0 Å². The van der Waals surface area contributed by atoms with Crippen molar-refractivity contribution < 1.29 is 0 Å². The van der Waals surface area contributed by atoms with Crippen molar-refractivity contribution >= 4 is 86.4 Å². The van der Waals surface area contributed by atoms with Crippen molar-refractivity contribution in [1.82, 2.24) is 4.57 Å². The number of pyridine rings is 1. The Labute approximate surface area is 345 Å². The Hall–Kier alpha value is -6.25. The summed E-state index contributed by atoms with van der Waals surface area (Å²) in [6, 6.07) is 53.4. The molecule has 0 aliphatic rings. The Morgan fingerprint density at radius 3 is 1.22 bits per heavy atom. The quantitative estimate of drug-likeness (QED) is 0.0651. The van der Waals surface area contributed by atoms with E-state index >= 15 is 4.79 Å². The van der Waals surface area contributed by atoms with Gasteiger partial charge in [-0.1, -0.05) is 186 Å². The fourth-order valence-corrected chi connectivity index (χ4v) is 10.5. The van der Waals surface area contributed by atoms with Crippen molar-refractivity contribution in [2.45, 2.75) is 77.7 Å². The van der Waals surface area contributed by atoms with Gasteiger partial charge >= 0.3 is 0 Å². The standard InChI is InChI=1S/C57H49NO/c1-2-3-4-5-6-7-8-9-10-11-34-58-51-32-26-43(45-28-22-41-20-18-37-14-12-16-39-24-30-47(45)55(41)53(37)39)35-49(51)57(59)50-36-44(27-33-52(50)58)46-29-23-42-21-19-38-15-13-17-40-25-31-48(46)56(42)54(38)40/h12-33,35-36H,2-11,34H2,1H3. The van der Waals surface area contributed by atoms with Gasteiger partial charge in [0.05, 0.1) is 11.0 Å². The van der Waals surface area contributed by atoms with Gasteiger partial charge in [0.15, 0.2) is 5.43 Å². The Balaban J connectivity index is 1.03. The molecule has 2 heteroatoms. The van der Waals surface area contributed by atoms with E-state index in [1.165, 1.54) is 134 Å². The summed E-state index contributed by atoms with van der Waals surface area (Å²) in [7, 11) is 0. The molecule has 11 aromatic rings. The molecule has 0 saturated heterocycles. The van der Waals surface area contributed by atoms with E-state index in [2.05, 4.69) is 157 Å². The van der Waals surface area contributed by atoms with Crippen LogP contribution < -0.4 is 5.43 Å². The highest BCUT2D eigenvalue weighted by Crippen LogP contribution is 2.42. The Kier molecular flexibility index (Phi) is 9.03. The van der Waals surface area contributed by atoms with Crippen LogP contribution in [0.5, 0.6) is 0 Å². The van der Waals surface area contributed by atoms with Crippen LogP contribution in [0.1, 0.15) is 71.1 Å². The zero-order valence-electron chi connectivity index (χ0n) is 34.0. The second kappa shape index (κ2) is 14.8. The van der Waals surface area contributed by atoms with Gasteiger partial charge in [-0.25, -0.2) is 0 Å². The number of hydrogen-bond acceptors (Lipinski definition) is 1. The lowest BCUT2D eigenvalue weighted by atomic mass is 9.89. The van der Waals surface area contributed by atoms with Gasteiger partial charge in [-0.3, -0.25) is 4.79 Å². The van der Waals surface area contributed by atoms with Crippen molar-refractivity contribution in [1.29, 1.82) is 0 Å². The van der Waals surface area contributed by atoms with Crippen LogP contribution in [-0.4, -0.2) is 4.57 Å². The second-order valence-electron chi connectivity index (χ2n) is 17.1. The molecule has 0 unspecified atom stereocenters. The van der Waals surface area contributed by atoms with E-state index in [9.17, 15) is 0 Å². The van der Waals surface area contributed by atoms with Gasteiger partial charge in [0.2, 0.25) is 0 Å². The molecule has 0 atom stereocenters. The van der Waals surface area contributed by atoms with Gasteiger partial charge in [0, 0.05) is 17.3 Å². The maximum absolute atomic E-state index is 15.0. The first-order valence-corrected chi connectivity index (χ1v) is 22.1. The SMILES string of the molecule is CCCCCCCCCCCCn1c2ccc(-c3ccc4ccc5cccc6ccc3c4c56)cc2c(=O)c2cc(-c3ccc4ccc5cccc6ccc3c4c56)ccc21. The second-order valence-corrected chi connectivity index (χ2v) is 17.1. The summed E-state index contributed by atoms with van der Waals surface area (Å²) < 4.78 is 2.44. The lowest BCUT2D eigenvalue weighted by molar-refractivity contribution is 0.541. The first-order chi connectivity index (χ1) is 29.2.